The van der Waals surface area contributed by atoms with Crippen molar-refractivity contribution < 1.29 is 14.0 Å². The van der Waals surface area contributed by atoms with Crippen molar-refractivity contribution >= 4 is 28.8 Å². The van der Waals surface area contributed by atoms with Crippen LogP contribution in [0.5, 0.6) is 0 Å². The largest absolute Gasteiger partial charge is 0.354 e. The second-order valence-electron chi connectivity index (χ2n) is 5.66. The number of pyridine rings is 1. The number of ketones is 1. The molecule has 0 saturated heterocycles. The Morgan fingerprint density at radius 1 is 0.923 bits per heavy atom. The summed E-state index contributed by atoms with van der Waals surface area (Å²) in [5.74, 6) is -0.760. The summed E-state index contributed by atoms with van der Waals surface area (Å²) in [5, 5.41) is 5.78. The number of halogens is 1. The molecule has 2 N–H and O–H groups in total. The van der Waals surface area contributed by atoms with Crippen LogP contribution in [-0.2, 0) is 0 Å². The van der Waals surface area contributed by atoms with E-state index >= 15 is 0 Å². The number of benzene rings is 2. The van der Waals surface area contributed by atoms with Gasteiger partial charge in [-0.1, -0.05) is 12.1 Å². The Morgan fingerprint density at radius 3 is 2.31 bits per heavy atom. The van der Waals surface area contributed by atoms with Crippen molar-refractivity contribution in [2.24, 2.45) is 0 Å². The Labute approximate surface area is 149 Å². The molecule has 0 atom stereocenters. The molecule has 0 aliphatic heterocycles. The molecule has 0 aliphatic rings. The van der Waals surface area contributed by atoms with Crippen LogP contribution in [0, 0.1) is 5.82 Å². The average Bonchev–Trinajstić information content (AvgIpc) is 2.64. The molecule has 1 amide bonds. The third-order valence-electron chi connectivity index (χ3n) is 3.66. The zero-order valence-electron chi connectivity index (χ0n) is 14.0. The molecule has 0 aliphatic carbocycles. The van der Waals surface area contributed by atoms with Crippen molar-refractivity contribution in [1.29, 1.82) is 0 Å². The first-order chi connectivity index (χ1) is 12.5. The van der Waals surface area contributed by atoms with E-state index < -0.39 is 0 Å². The minimum absolute atomic E-state index is 0.0737. The van der Waals surface area contributed by atoms with Gasteiger partial charge in [-0.15, -0.1) is 0 Å². The van der Waals surface area contributed by atoms with Crippen molar-refractivity contribution in [3.05, 3.63) is 83.9 Å². The lowest BCUT2D eigenvalue weighted by molar-refractivity contribution is 0.100. The number of nitrogens with one attached hydrogen (secondary N) is 2. The highest BCUT2D eigenvalue weighted by atomic mass is 19.1. The van der Waals surface area contributed by atoms with Crippen molar-refractivity contribution in [2.45, 2.75) is 6.92 Å². The maximum atomic E-state index is 12.9. The molecule has 0 radical (unpaired) electrons. The number of rotatable bonds is 5. The molecule has 130 valence electrons. The molecule has 3 rings (SSSR count). The normalized spacial score (nSPS) is 10.2. The summed E-state index contributed by atoms with van der Waals surface area (Å²) in [4.78, 5) is 27.8. The number of aromatic nitrogens is 1. The summed E-state index contributed by atoms with van der Waals surface area (Å²) in [7, 11) is 0. The fourth-order valence-electron chi connectivity index (χ4n) is 2.31. The minimum Gasteiger partial charge on any atom is -0.354 e. The van der Waals surface area contributed by atoms with Crippen molar-refractivity contribution in [3.8, 4) is 0 Å². The van der Waals surface area contributed by atoms with Gasteiger partial charge in [-0.05, 0) is 55.5 Å². The molecule has 2 aromatic carbocycles. The number of carbonyl (C=O) groups excluding carboxylic acids is 2. The van der Waals surface area contributed by atoms with E-state index in [2.05, 4.69) is 15.6 Å². The molecule has 0 unspecified atom stereocenters. The highest BCUT2D eigenvalue weighted by Crippen LogP contribution is 2.17. The van der Waals surface area contributed by atoms with E-state index in [0.717, 1.165) is 0 Å². The number of carbonyl (C=O) groups is 2. The Balaban J connectivity index is 1.68. The molecule has 0 bridgehead atoms. The standard InChI is InChI=1S/C20H16FN3O2/c1-13(25)14-3-2-4-17(11-14)24-20(26)19-10-9-18(12-22-19)23-16-7-5-15(21)6-8-16/h2-12,23H,1H3,(H,24,26). The van der Waals surface area contributed by atoms with Gasteiger partial charge in [0.25, 0.3) is 5.91 Å². The topological polar surface area (TPSA) is 71.1 Å². The predicted molar refractivity (Wildman–Crippen MR) is 98.3 cm³/mol. The lowest BCUT2D eigenvalue weighted by atomic mass is 10.1. The van der Waals surface area contributed by atoms with Crippen LogP contribution in [0.4, 0.5) is 21.5 Å². The van der Waals surface area contributed by atoms with Crippen LogP contribution in [0.25, 0.3) is 0 Å². The number of Topliss-reactive ketones (excluding diaryl/α,β-unsaturated/α-hetero) is 1. The average molecular weight is 349 g/mol. The van der Waals surface area contributed by atoms with Crippen LogP contribution in [0.1, 0.15) is 27.8 Å². The molecule has 3 aromatic rings. The number of amides is 1. The second-order valence-corrected chi connectivity index (χ2v) is 5.66. The van der Waals surface area contributed by atoms with Gasteiger partial charge >= 0.3 is 0 Å². The number of hydrogen-bond donors (Lipinski definition) is 2. The zero-order valence-corrected chi connectivity index (χ0v) is 14.0. The fourth-order valence-corrected chi connectivity index (χ4v) is 2.31. The molecule has 1 heterocycles. The highest BCUT2D eigenvalue weighted by molar-refractivity contribution is 6.04. The van der Waals surface area contributed by atoms with Gasteiger partial charge in [0.1, 0.15) is 11.5 Å². The first-order valence-electron chi connectivity index (χ1n) is 7.92. The van der Waals surface area contributed by atoms with Crippen LogP contribution in [0.2, 0.25) is 0 Å². The molecule has 5 nitrogen and oxygen atoms in total. The van der Waals surface area contributed by atoms with E-state index in [1.54, 1.807) is 48.5 Å². The Bertz CT molecular complexity index is 938. The summed E-state index contributed by atoms with van der Waals surface area (Å²) in [6.45, 7) is 1.47. The molecular weight excluding hydrogens is 333 g/mol. The quantitative estimate of drug-likeness (QED) is 0.669. The van der Waals surface area contributed by atoms with Gasteiger partial charge in [-0.25, -0.2) is 9.37 Å². The monoisotopic (exact) mass is 349 g/mol. The van der Waals surface area contributed by atoms with Crippen LogP contribution >= 0.6 is 0 Å². The van der Waals surface area contributed by atoms with Crippen molar-refractivity contribution in [2.75, 3.05) is 10.6 Å². The van der Waals surface area contributed by atoms with Crippen LogP contribution < -0.4 is 10.6 Å². The minimum atomic E-state index is -0.376. The van der Waals surface area contributed by atoms with Crippen molar-refractivity contribution in [1.82, 2.24) is 4.98 Å². The predicted octanol–water partition coefficient (Wildman–Crippen LogP) is 4.42. The van der Waals surface area contributed by atoms with Gasteiger partial charge in [-0.2, -0.15) is 0 Å². The molecule has 0 fully saturated rings. The molecule has 1 aromatic heterocycles. The molecule has 6 heteroatoms. The van der Waals surface area contributed by atoms with Gasteiger partial charge in [0, 0.05) is 16.9 Å². The van der Waals surface area contributed by atoms with Crippen LogP contribution in [0.3, 0.4) is 0 Å². The Kier molecular flexibility index (Phi) is 5.03. The SMILES string of the molecule is CC(=O)c1cccc(NC(=O)c2ccc(Nc3ccc(F)cc3)cn2)c1. The van der Waals surface area contributed by atoms with Gasteiger partial charge in [-0.3, -0.25) is 9.59 Å². The van der Waals surface area contributed by atoms with Crippen LogP contribution in [0.15, 0.2) is 66.9 Å². The number of nitrogens with zero attached hydrogens (tertiary/aromatic N) is 1. The van der Waals surface area contributed by atoms with E-state index in [4.69, 9.17) is 0 Å². The third-order valence-corrected chi connectivity index (χ3v) is 3.66. The van der Waals surface area contributed by atoms with Crippen LogP contribution in [-0.4, -0.2) is 16.7 Å². The van der Waals surface area contributed by atoms with Gasteiger partial charge in [0.15, 0.2) is 5.78 Å². The van der Waals surface area contributed by atoms with E-state index in [1.807, 2.05) is 0 Å². The number of hydrogen-bond acceptors (Lipinski definition) is 4. The zero-order chi connectivity index (χ0) is 18.5. The summed E-state index contributed by atoms with van der Waals surface area (Å²) in [6, 6.07) is 15.9. The highest BCUT2D eigenvalue weighted by Gasteiger charge is 2.09. The molecule has 26 heavy (non-hydrogen) atoms. The number of anilines is 3. The lowest BCUT2D eigenvalue weighted by Crippen LogP contribution is -2.14. The third kappa shape index (κ3) is 4.30. The van der Waals surface area contributed by atoms with E-state index in [1.165, 1.54) is 25.3 Å². The first-order valence-corrected chi connectivity index (χ1v) is 7.92. The fraction of sp³-hybridized carbons (Fsp3) is 0.0500. The van der Waals surface area contributed by atoms with Gasteiger partial charge in [0.05, 0.1) is 11.9 Å². The summed E-state index contributed by atoms with van der Waals surface area (Å²) >= 11 is 0. The lowest BCUT2D eigenvalue weighted by Gasteiger charge is -2.08. The maximum absolute atomic E-state index is 12.9. The second kappa shape index (κ2) is 7.57. The Hall–Kier alpha value is -3.54. The van der Waals surface area contributed by atoms with Gasteiger partial charge in [0.2, 0.25) is 0 Å². The molecular formula is C20H16FN3O2. The van der Waals surface area contributed by atoms with Gasteiger partial charge < -0.3 is 10.6 Å². The van der Waals surface area contributed by atoms with E-state index in [0.29, 0.717) is 22.6 Å². The smallest absolute Gasteiger partial charge is 0.274 e. The first kappa shape index (κ1) is 17.3. The van der Waals surface area contributed by atoms with E-state index in [-0.39, 0.29) is 23.2 Å². The van der Waals surface area contributed by atoms with Crippen molar-refractivity contribution in [3.63, 3.8) is 0 Å². The summed E-state index contributed by atoms with van der Waals surface area (Å²) in [5.41, 5.74) is 2.67. The van der Waals surface area contributed by atoms with E-state index in [9.17, 15) is 14.0 Å². The molecule has 0 saturated carbocycles. The molecule has 0 spiro atoms. The maximum Gasteiger partial charge on any atom is 0.274 e. The Morgan fingerprint density at radius 2 is 1.65 bits per heavy atom. The summed E-state index contributed by atoms with van der Waals surface area (Å²) < 4.78 is 12.9. The summed E-state index contributed by atoms with van der Waals surface area (Å²) in [6.07, 6.45) is 1.52.